The van der Waals surface area contributed by atoms with Crippen LogP contribution in [-0.2, 0) is 4.74 Å². The van der Waals surface area contributed by atoms with Crippen molar-refractivity contribution in [3.8, 4) is 0 Å². The zero-order valence-electron chi connectivity index (χ0n) is 14.3. The number of piperidine rings is 1. The number of likely N-dealkylation sites (tertiary alicyclic amines) is 1. The first-order chi connectivity index (χ1) is 10.3. The lowest BCUT2D eigenvalue weighted by molar-refractivity contribution is -0.0191. The molecule has 5 heteroatoms. The number of amides is 1. The predicted octanol–water partition coefficient (Wildman–Crippen LogP) is 3.81. The predicted molar refractivity (Wildman–Crippen MR) is 91.3 cm³/mol. The summed E-state index contributed by atoms with van der Waals surface area (Å²) in [5.41, 5.74) is -1.07. The molecule has 0 aromatic carbocycles. The number of hydrogen-bond acceptors (Lipinski definition) is 4. The van der Waals surface area contributed by atoms with Crippen molar-refractivity contribution in [3.05, 3.63) is 0 Å². The number of rotatable bonds is 3. The van der Waals surface area contributed by atoms with E-state index in [2.05, 4.69) is 0 Å². The minimum absolute atomic E-state index is 0.255. The molecule has 1 N–H and O–H groups in total. The summed E-state index contributed by atoms with van der Waals surface area (Å²) in [6.45, 7) is 6.83. The van der Waals surface area contributed by atoms with Gasteiger partial charge in [-0.25, -0.2) is 4.79 Å². The summed E-state index contributed by atoms with van der Waals surface area (Å²) in [5.74, 6) is 0.805. The summed E-state index contributed by atoms with van der Waals surface area (Å²) in [7, 11) is 0. The van der Waals surface area contributed by atoms with Crippen molar-refractivity contribution in [2.45, 2.75) is 82.2 Å². The van der Waals surface area contributed by atoms with Crippen LogP contribution in [0.25, 0.3) is 0 Å². The smallest absolute Gasteiger partial charge is 0.410 e. The zero-order chi connectivity index (χ0) is 16.2. The molecule has 0 atom stereocenters. The van der Waals surface area contributed by atoms with E-state index in [-0.39, 0.29) is 6.09 Å². The number of ether oxygens (including phenoxy) is 1. The molecule has 128 valence electrons. The van der Waals surface area contributed by atoms with Gasteiger partial charge in [-0.15, -0.1) is 0 Å². The van der Waals surface area contributed by atoms with E-state index < -0.39 is 11.2 Å². The summed E-state index contributed by atoms with van der Waals surface area (Å²) >= 11 is 1.94. The van der Waals surface area contributed by atoms with Gasteiger partial charge in [-0.3, -0.25) is 0 Å². The molecule has 0 aromatic rings. The maximum Gasteiger partial charge on any atom is 0.410 e. The van der Waals surface area contributed by atoms with E-state index in [1.54, 1.807) is 4.90 Å². The average molecular weight is 330 g/mol. The summed E-state index contributed by atoms with van der Waals surface area (Å²) in [5, 5.41) is 11.5. The molecule has 1 aliphatic carbocycles. The van der Waals surface area contributed by atoms with Crippen LogP contribution >= 0.6 is 11.8 Å². The summed E-state index contributed by atoms with van der Waals surface area (Å²) in [6.07, 6.45) is 7.69. The van der Waals surface area contributed by atoms with Crippen LogP contribution in [0.5, 0.6) is 0 Å². The Bertz CT molecular complexity index is 367. The highest BCUT2D eigenvalue weighted by molar-refractivity contribution is 7.99. The third-order valence-electron chi connectivity index (χ3n) is 4.49. The highest BCUT2D eigenvalue weighted by Crippen LogP contribution is 2.33. The van der Waals surface area contributed by atoms with Crippen LogP contribution in [0.4, 0.5) is 4.79 Å². The van der Waals surface area contributed by atoms with Gasteiger partial charge in [0.05, 0.1) is 5.60 Å². The Morgan fingerprint density at radius 1 is 1.23 bits per heavy atom. The second-order valence-electron chi connectivity index (χ2n) is 7.76. The fourth-order valence-corrected chi connectivity index (χ4v) is 4.58. The van der Waals surface area contributed by atoms with Gasteiger partial charge in [-0.1, -0.05) is 19.3 Å². The molecule has 2 aliphatic rings. The number of carbonyl (C=O) groups is 1. The Hall–Kier alpha value is -0.420. The molecular weight excluding hydrogens is 298 g/mol. The number of carbonyl (C=O) groups excluding carboxylic acids is 1. The lowest BCUT2D eigenvalue weighted by Gasteiger charge is -2.39. The minimum Gasteiger partial charge on any atom is -0.444 e. The summed E-state index contributed by atoms with van der Waals surface area (Å²) in [6, 6.07) is 0. The van der Waals surface area contributed by atoms with Crippen LogP contribution in [0.2, 0.25) is 0 Å². The standard InChI is InChI=1S/C17H31NO3S/c1-16(2,3)21-15(19)18-11-9-17(20,10-12-18)13-22-14-7-5-4-6-8-14/h14,20H,4-13H2,1-3H3. The Kier molecular flexibility index (Phi) is 6.06. The van der Waals surface area contributed by atoms with E-state index in [0.717, 1.165) is 11.0 Å². The molecule has 0 spiro atoms. The molecular formula is C17H31NO3S. The first-order valence-electron chi connectivity index (χ1n) is 8.59. The van der Waals surface area contributed by atoms with Gasteiger partial charge in [-0.2, -0.15) is 11.8 Å². The zero-order valence-corrected chi connectivity index (χ0v) is 15.1. The first kappa shape index (κ1) is 17.9. The van der Waals surface area contributed by atoms with E-state index in [1.807, 2.05) is 32.5 Å². The van der Waals surface area contributed by atoms with E-state index >= 15 is 0 Å². The molecule has 22 heavy (non-hydrogen) atoms. The normalized spacial score (nSPS) is 23.4. The lowest BCUT2D eigenvalue weighted by atomic mass is 9.94. The molecule has 1 heterocycles. The first-order valence-corrected chi connectivity index (χ1v) is 9.64. The van der Waals surface area contributed by atoms with Crippen molar-refractivity contribution in [3.63, 3.8) is 0 Å². The van der Waals surface area contributed by atoms with Crippen LogP contribution in [0.15, 0.2) is 0 Å². The Morgan fingerprint density at radius 3 is 2.36 bits per heavy atom. The number of thioether (sulfide) groups is 1. The van der Waals surface area contributed by atoms with Crippen molar-refractivity contribution < 1.29 is 14.6 Å². The summed E-state index contributed by atoms with van der Waals surface area (Å²) in [4.78, 5) is 13.8. The van der Waals surface area contributed by atoms with E-state index in [1.165, 1.54) is 32.1 Å². The topological polar surface area (TPSA) is 49.8 Å². The van der Waals surface area contributed by atoms with Gasteiger partial charge in [0.1, 0.15) is 5.60 Å². The molecule has 2 rings (SSSR count). The number of hydrogen-bond donors (Lipinski definition) is 1. The molecule has 1 saturated carbocycles. The monoisotopic (exact) mass is 329 g/mol. The molecule has 0 unspecified atom stereocenters. The fourth-order valence-electron chi connectivity index (χ4n) is 3.08. The largest absolute Gasteiger partial charge is 0.444 e. The number of nitrogens with zero attached hydrogens (tertiary/aromatic N) is 1. The van der Waals surface area contributed by atoms with Crippen molar-refractivity contribution in [2.75, 3.05) is 18.8 Å². The quantitative estimate of drug-likeness (QED) is 0.855. The third kappa shape index (κ3) is 5.65. The van der Waals surface area contributed by atoms with Gasteiger partial charge in [0.25, 0.3) is 0 Å². The maximum absolute atomic E-state index is 12.0. The molecule has 4 nitrogen and oxygen atoms in total. The van der Waals surface area contributed by atoms with Crippen LogP contribution in [0, 0.1) is 0 Å². The molecule has 0 aromatic heterocycles. The van der Waals surface area contributed by atoms with Gasteiger partial charge >= 0.3 is 6.09 Å². The van der Waals surface area contributed by atoms with Gasteiger partial charge in [0, 0.05) is 24.1 Å². The van der Waals surface area contributed by atoms with Crippen molar-refractivity contribution >= 4 is 17.9 Å². The van der Waals surface area contributed by atoms with Gasteiger partial charge < -0.3 is 14.7 Å². The summed E-state index contributed by atoms with van der Waals surface area (Å²) < 4.78 is 5.40. The SMILES string of the molecule is CC(C)(C)OC(=O)N1CCC(O)(CSC2CCCCC2)CC1. The molecule has 1 amide bonds. The van der Waals surface area contributed by atoms with Crippen LogP contribution in [-0.4, -0.2) is 51.4 Å². The Balaban J connectivity index is 1.74. The lowest BCUT2D eigenvalue weighted by Crippen LogP contribution is -2.49. The molecule has 0 radical (unpaired) electrons. The van der Waals surface area contributed by atoms with Crippen molar-refractivity contribution in [1.82, 2.24) is 4.90 Å². The van der Waals surface area contributed by atoms with Crippen molar-refractivity contribution in [2.24, 2.45) is 0 Å². The second-order valence-corrected chi connectivity index (χ2v) is 9.05. The van der Waals surface area contributed by atoms with Gasteiger partial charge in [0.2, 0.25) is 0 Å². The van der Waals surface area contributed by atoms with Crippen LogP contribution in [0.3, 0.4) is 0 Å². The molecule has 1 saturated heterocycles. The Labute approximate surface area is 139 Å². The average Bonchev–Trinajstić information content (AvgIpc) is 2.45. The van der Waals surface area contributed by atoms with Crippen LogP contribution < -0.4 is 0 Å². The molecule has 1 aliphatic heterocycles. The van der Waals surface area contributed by atoms with Gasteiger partial charge in [0.15, 0.2) is 0 Å². The second kappa shape index (κ2) is 7.43. The third-order valence-corrected chi connectivity index (χ3v) is 6.13. The highest BCUT2D eigenvalue weighted by atomic mass is 32.2. The molecule has 2 fully saturated rings. The molecule has 0 bridgehead atoms. The fraction of sp³-hybridized carbons (Fsp3) is 0.941. The van der Waals surface area contributed by atoms with E-state index in [4.69, 9.17) is 4.74 Å². The maximum atomic E-state index is 12.0. The van der Waals surface area contributed by atoms with Crippen LogP contribution in [0.1, 0.15) is 65.7 Å². The Morgan fingerprint density at radius 2 is 1.82 bits per heavy atom. The van der Waals surface area contributed by atoms with Gasteiger partial charge in [-0.05, 0) is 46.5 Å². The minimum atomic E-state index is -0.610. The number of aliphatic hydroxyl groups is 1. The van der Waals surface area contributed by atoms with E-state index in [9.17, 15) is 9.90 Å². The van der Waals surface area contributed by atoms with E-state index in [0.29, 0.717) is 25.9 Å². The highest BCUT2D eigenvalue weighted by Gasteiger charge is 2.36. The van der Waals surface area contributed by atoms with Crippen molar-refractivity contribution in [1.29, 1.82) is 0 Å².